The van der Waals surface area contributed by atoms with Crippen LogP contribution in [-0.4, -0.2) is 30.4 Å². The van der Waals surface area contributed by atoms with Crippen molar-refractivity contribution in [3.05, 3.63) is 114 Å². The number of benzene rings is 2. The molecule has 1 amide bonds. The van der Waals surface area contributed by atoms with Crippen LogP contribution in [0, 0.1) is 20.8 Å². The highest BCUT2D eigenvalue weighted by molar-refractivity contribution is 6.05. The molecule has 0 fully saturated rings. The molecule has 0 aliphatic rings. The zero-order chi connectivity index (χ0) is 26.6. The van der Waals surface area contributed by atoms with E-state index in [1.807, 2.05) is 74.0 Å². The number of pyridine rings is 1. The predicted molar refractivity (Wildman–Crippen MR) is 151 cm³/mol. The van der Waals surface area contributed by atoms with Crippen LogP contribution < -0.4 is 10.6 Å². The summed E-state index contributed by atoms with van der Waals surface area (Å²) in [5, 5.41) is 6.28. The fourth-order valence-electron chi connectivity index (χ4n) is 4.16. The third-order valence-electron chi connectivity index (χ3n) is 5.99. The molecule has 0 saturated heterocycles. The van der Waals surface area contributed by atoms with Crippen LogP contribution in [0.1, 0.15) is 33.0 Å². The SMILES string of the molecule is C=Cc1nc(C)cn1-c1cc(C)cc(NC(=O)c2ccc(C)c(Nc3nccc(-c4cccnc4)n3)c2)c1. The van der Waals surface area contributed by atoms with E-state index in [0.29, 0.717) is 17.2 Å². The second kappa shape index (κ2) is 10.5. The Hall–Kier alpha value is -5.11. The minimum Gasteiger partial charge on any atom is -0.324 e. The summed E-state index contributed by atoms with van der Waals surface area (Å²) in [5.74, 6) is 0.957. The lowest BCUT2D eigenvalue weighted by atomic mass is 10.1. The lowest BCUT2D eigenvalue weighted by Gasteiger charge is -2.13. The van der Waals surface area contributed by atoms with E-state index in [-0.39, 0.29) is 5.91 Å². The molecule has 3 heterocycles. The van der Waals surface area contributed by atoms with Crippen molar-refractivity contribution in [3.8, 4) is 16.9 Å². The van der Waals surface area contributed by atoms with Crippen molar-refractivity contribution in [2.24, 2.45) is 0 Å². The van der Waals surface area contributed by atoms with Crippen LogP contribution in [0.5, 0.6) is 0 Å². The van der Waals surface area contributed by atoms with Gasteiger partial charge in [-0.1, -0.05) is 12.6 Å². The fourth-order valence-corrected chi connectivity index (χ4v) is 4.16. The van der Waals surface area contributed by atoms with Crippen molar-refractivity contribution in [2.75, 3.05) is 10.6 Å². The zero-order valence-electron chi connectivity index (χ0n) is 21.4. The molecular weight excluding hydrogens is 474 g/mol. The summed E-state index contributed by atoms with van der Waals surface area (Å²) in [6, 6.07) is 17.0. The molecule has 38 heavy (non-hydrogen) atoms. The Balaban J connectivity index is 1.38. The van der Waals surface area contributed by atoms with Gasteiger partial charge in [0.2, 0.25) is 5.95 Å². The summed E-state index contributed by atoms with van der Waals surface area (Å²) in [5.41, 5.74) is 7.35. The highest BCUT2D eigenvalue weighted by Gasteiger charge is 2.13. The highest BCUT2D eigenvalue weighted by Crippen LogP contribution is 2.24. The summed E-state index contributed by atoms with van der Waals surface area (Å²) in [4.78, 5) is 30.8. The standard InChI is InChI=1S/C30H27N7O/c1-5-28-33-21(4)18-37(28)25-14-19(2)13-24(16-25)34-29(38)22-9-8-20(3)27(15-22)36-30-32-12-10-26(35-30)23-7-6-11-31-17-23/h5-18H,1H2,2-4H3,(H,34,38)(H,32,35,36). The maximum Gasteiger partial charge on any atom is 0.255 e. The molecule has 3 aromatic heterocycles. The van der Waals surface area contributed by atoms with Crippen LogP contribution in [0.15, 0.2) is 86.0 Å². The maximum atomic E-state index is 13.2. The monoisotopic (exact) mass is 501 g/mol. The molecule has 0 spiro atoms. The molecule has 0 aliphatic carbocycles. The summed E-state index contributed by atoms with van der Waals surface area (Å²) in [7, 11) is 0. The van der Waals surface area contributed by atoms with Gasteiger partial charge in [0.05, 0.1) is 11.4 Å². The number of nitrogens with one attached hydrogen (secondary N) is 2. The first-order valence-electron chi connectivity index (χ1n) is 12.1. The van der Waals surface area contributed by atoms with E-state index in [4.69, 9.17) is 0 Å². The van der Waals surface area contributed by atoms with Crippen molar-refractivity contribution >= 4 is 29.3 Å². The van der Waals surface area contributed by atoms with Gasteiger partial charge in [0.25, 0.3) is 5.91 Å². The average Bonchev–Trinajstić information content (AvgIpc) is 3.31. The van der Waals surface area contributed by atoms with E-state index in [1.165, 1.54) is 0 Å². The lowest BCUT2D eigenvalue weighted by molar-refractivity contribution is 0.102. The summed E-state index contributed by atoms with van der Waals surface area (Å²) >= 11 is 0. The molecule has 0 radical (unpaired) electrons. The van der Waals surface area contributed by atoms with Gasteiger partial charge in [-0.2, -0.15) is 0 Å². The van der Waals surface area contributed by atoms with Gasteiger partial charge in [-0.3, -0.25) is 14.3 Å². The van der Waals surface area contributed by atoms with E-state index in [9.17, 15) is 4.79 Å². The number of hydrogen-bond acceptors (Lipinski definition) is 6. The molecule has 2 aromatic carbocycles. The van der Waals surface area contributed by atoms with Crippen LogP contribution in [-0.2, 0) is 0 Å². The normalized spacial score (nSPS) is 10.7. The van der Waals surface area contributed by atoms with E-state index in [2.05, 4.69) is 37.1 Å². The smallest absolute Gasteiger partial charge is 0.255 e. The number of aryl methyl sites for hydroxylation is 3. The predicted octanol–water partition coefficient (Wildman–Crippen LogP) is 6.29. The Labute approximate surface area is 221 Å². The number of hydrogen-bond donors (Lipinski definition) is 2. The van der Waals surface area contributed by atoms with Crippen LogP contribution >= 0.6 is 0 Å². The van der Waals surface area contributed by atoms with Crippen molar-refractivity contribution in [1.29, 1.82) is 0 Å². The second-order valence-electron chi connectivity index (χ2n) is 8.99. The number of aromatic nitrogens is 5. The van der Waals surface area contributed by atoms with Gasteiger partial charge in [-0.05, 0) is 86.5 Å². The molecule has 188 valence electrons. The number of nitrogens with zero attached hydrogens (tertiary/aromatic N) is 5. The molecule has 0 unspecified atom stereocenters. The van der Waals surface area contributed by atoms with E-state index < -0.39 is 0 Å². The number of amides is 1. The van der Waals surface area contributed by atoms with Gasteiger partial charge in [0.15, 0.2) is 0 Å². The quantitative estimate of drug-likeness (QED) is 0.272. The third kappa shape index (κ3) is 5.34. The Morgan fingerprint density at radius 3 is 2.66 bits per heavy atom. The first-order chi connectivity index (χ1) is 18.4. The van der Waals surface area contributed by atoms with Crippen molar-refractivity contribution in [2.45, 2.75) is 20.8 Å². The van der Waals surface area contributed by atoms with Crippen LogP contribution in [0.4, 0.5) is 17.3 Å². The average molecular weight is 502 g/mol. The number of carbonyl (C=O) groups is 1. The Morgan fingerprint density at radius 2 is 1.87 bits per heavy atom. The summed E-state index contributed by atoms with van der Waals surface area (Å²) in [6.07, 6.45) is 8.83. The Bertz CT molecular complexity index is 1640. The summed E-state index contributed by atoms with van der Waals surface area (Å²) < 4.78 is 1.96. The fraction of sp³-hybridized carbons (Fsp3) is 0.100. The Kier molecular flexibility index (Phi) is 6.78. The van der Waals surface area contributed by atoms with E-state index in [0.717, 1.165) is 45.3 Å². The molecule has 0 saturated carbocycles. The molecular formula is C30H27N7O. The number of imidazole rings is 1. The molecule has 8 nitrogen and oxygen atoms in total. The highest BCUT2D eigenvalue weighted by atomic mass is 16.1. The van der Waals surface area contributed by atoms with E-state index in [1.54, 1.807) is 36.8 Å². The molecule has 0 aliphatic heterocycles. The topological polar surface area (TPSA) is 97.6 Å². The van der Waals surface area contributed by atoms with Crippen LogP contribution in [0.3, 0.4) is 0 Å². The Morgan fingerprint density at radius 1 is 1.00 bits per heavy atom. The molecule has 2 N–H and O–H groups in total. The first-order valence-corrected chi connectivity index (χ1v) is 12.1. The van der Waals surface area contributed by atoms with Gasteiger partial charge in [0.1, 0.15) is 5.82 Å². The third-order valence-corrected chi connectivity index (χ3v) is 5.99. The molecule has 5 rings (SSSR count). The largest absolute Gasteiger partial charge is 0.324 e. The van der Waals surface area contributed by atoms with Gasteiger partial charge < -0.3 is 10.6 Å². The number of anilines is 3. The van der Waals surface area contributed by atoms with Crippen LogP contribution in [0.25, 0.3) is 23.0 Å². The van der Waals surface area contributed by atoms with Gasteiger partial charge >= 0.3 is 0 Å². The zero-order valence-corrected chi connectivity index (χ0v) is 21.4. The van der Waals surface area contributed by atoms with Gasteiger partial charge in [-0.25, -0.2) is 15.0 Å². The van der Waals surface area contributed by atoms with Gasteiger partial charge in [-0.15, -0.1) is 0 Å². The van der Waals surface area contributed by atoms with Crippen molar-refractivity contribution in [3.63, 3.8) is 0 Å². The van der Waals surface area contributed by atoms with Crippen LogP contribution in [0.2, 0.25) is 0 Å². The summed E-state index contributed by atoms with van der Waals surface area (Å²) in [6.45, 7) is 9.75. The maximum absolute atomic E-state index is 13.2. The van der Waals surface area contributed by atoms with E-state index >= 15 is 0 Å². The lowest BCUT2D eigenvalue weighted by Crippen LogP contribution is -2.13. The minimum absolute atomic E-state index is 0.222. The van der Waals surface area contributed by atoms with Crippen molar-refractivity contribution < 1.29 is 4.79 Å². The van der Waals surface area contributed by atoms with Gasteiger partial charge in [0, 0.05) is 53.0 Å². The first kappa shape index (κ1) is 24.6. The second-order valence-corrected chi connectivity index (χ2v) is 8.99. The number of rotatable bonds is 7. The molecule has 0 atom stereocenters. The molecule has 8 heteroatoms. The van der Waals surface area contributed by atoms with Crippen molar-refractivity contribution in [1.82, 2.24) is 24.5 Å². The molecule has 5 aromatic rings. The number of carbonyl (C=O) groups excluding carboxylic acids is 1. The molecule has 0 bridgehead atoms. The minimum atomic E-state index is -0.222.